The van der Waals surface area contributed by atoms with Gasteiger partial charge in [-0.25, -0.2) is 8.42 Å². The molecule has 2 N–H and O–H groups in total. The smallest absolute Gasteiger partial charge is 0.239 e. The summed E-state index contributed by atoms with van der Waals surface area (Å²) in [7, 11) is -3.89. The third-order valence-electron chi connectivity index (χ3n) is 4.77. The molecule has 4 rings (SSSR count). The molecule has 0 unspecified atom stereocenters. The monoisotopic (exact) mass is 433 g/mol. The number of nitrogens with one attached hydrogen (secondary N) is 2. The molecule has 29 heavy (non-hydrogen) atoms. The van der Waals surface area contributed by atoms with E-state index in [9.17, 15) is 13.2 Å². The summed E-state index contributed by atoms with van der Waals surface area (Å²) in [5.74, 6) is -0.154. The summed E-state index contributed by atoms with van der Waals surface area (Å²) in [5.41, 5.74) is 0.575. The average molecular weight is 434 g/mol. The van der Waals surface area contributed by atoms with Gasteiger partial charge in [0.15, 0.2) is 0 Å². The van der Waals surface area contributed by atoms with Crippen molar-refractivity contribution in [3.8, 4) is 0 Å². The van der Waals surface area contributed by atoms with Gasteiger partial charge in [0.2, 0.25) is 15.7 Å². The van der Waals surface area contributed by atoms with Crippen LogP contribution in [0.15, 0.2) is 58.3 Å². The van der Waals surface area contributed by atoms with Gasteiger partial charge in [-0.15, -0.1) is 0 Å². The number of ether oxygens (including phenoxy) is 1. The molecule has 1 saturated heterocycles. The number of fused-ring (bicyclic) bond motifs is 1. The van der Waals surface area contributed by atoms with Crippen molar-refractivity contribution in [2.75, 3.05) is 38.2 Å². The van der Waals surface area contributed by atoms with Crippen molar-refractivity contribution < 1.29 is 17.9 Å². The van der Waals surface area contributed by atoms with Crippen LogP contribution in [0, 0.1) is 0 Å². The van der Waals surface area contributed by atoms with Crippen molar-refractivity contribution in [2.24, 2.45) is 0 Å². The molecule has 0 spiro atoms. The first-order chi connectivity index (χ1) is 13.9. The maximum Gasteiger partial charge on any atom is 0.239 e. The van der Waals surface area contributed by atoms with Crippen molar-refractivity contribution in [2.45, 2.75) is 9.79 Å². The second kappa shape index (κ2) is 8.16. The summed E-state index contributed by atoms with van der Waals surface area (Å²) in [6, 6.07) is 13.1. The predicted octanol–water partition coefficient (Wildman–Crippen LogP) is 2.92. The molecular formula is C20H20ClN3O4S. The number of sulfone groups is 1. The van der Waals surface area contributed by atoms with Crippen LogP contribution in [0.2, 0.25) is 5.02 Å². The Bertz CT molecular complexity index is 1140. The van der Waals surface area contributed by atoms with Gasteiger partial charge in [0, 0.05) is 29.0 Å². The molecule has 9 heteroatoms. The molecule has 0 bridgehead atoms. The van der Waals surface area contributed by atoms with Crippen LogP contribution in [0.25, 0.3) is 10.9 Å². The van der Waals surface area contributed by atoms with Crippen LogP contribution in [0.5, 0.6) is 0 Å². The zero-order chi connectivity index (χ0) is 20.4. The lowest BCUT2D eigenvalue weighted by molar-refractivity contribution is -0.118. The normalized spacial score (nSPS) is 15.5. The Balaban J connectivity index is 1.74. The van der Waals surface area contributed by atoms with E-state index in [-0.39, 0.29) is 28.1 Å². The second-order valence-corrected chi connectivity index (χ2v) is 9.10. The number of nitrogens with zero attached hydrogens (tertiary/aromatic N) is 1. The molecule has 1 aliphatic rings. The molecule has 1 aromatic heterocycles. The van der Waals surface area contributed by atoms with Gasteiger partial charge in [-0.1, -0.05) is 29.8 Å². The summed E-state index contributed by atoms with van der Waals surface area (Å²) < 4.78 is 32.0. The lowest BCUT2D eigenvalue weighted by Crippen LogP contribution is -2.41. The van der Waals surface area contributed by atoms with E-state index < -0.39 is 9.84 Å². The average Bonchev–Trinajstić information content (AvgIpc) is 3.06. The summed E-state index contributed by atoms with van der Waals surface area (Å²) in [6.07, 6.45) is 0. The number of rotatable bonds is 5. The molecule has 0 aliphatic carbocycles. The number of halogens is 1. The molecule has 2 aromatic carbocycles. The minimum Gasteiger partial charge on any atom is -0.379 e. The summed E-state index contributed by atoms with van der Waals surface area (Å²) in [6.45, 7) is 2.62. The fraction of sp³-hybridized carbons (Fsp3) is 0.250. The third-order valence-corrected chi connectivity index (χ3v) is 6.86. The summed E-state index contributed by atoms with van der Waals surface area (Å²) in [4.78, 5) is 17.7. The Hall–Kier alpha value is -2.39. The zero-order valence-corrected chi connectivity index (χ0v) is 17.1. The van der Waals surface area contributed by atoms with Gasteiger partial charge in [-0.2, -0.15) is 0 Å². The van der Waals surface area contributed by atoms with Crippen LogP contribution >= 0.6 is 11.6 Å². The molecule has 1 fully saturated rings. The number of anilines is 1. The molecule has 0 atom stereocenters. The number of amides is 1. The van der Waals surface area contributed by atoms with Crippen LogP contribution in [-0.2, 0) is 19.4 Å². The maximum absolute atomic E-state index is 13.4. The number of carbonyl (C=O) groups excluding carboxylic acids is 1. The van der Waals surface area contributed by atoms with Crippen molar-refractivity contribution in [1.29, 1.82) is 0 Å². The number of morpholine rings is 1. The molecule has 0 saturated carbocycles. The van der Waals surface area contributed by atoms with Crippen LogP contribution < -0.4 is 5.32 Å². The first kappa shape index (κ1) is 19.9. The first-order valence-electron chi connectivity index (χ1n) is 9.16. The number of hydrogen-bond donors (Lipinski definition) is 2. The minimum atomic E-state index is -3.89. The quantitative estimate of drug-likeness (QED) is 0.645. The van der Waals surface area contributed by atoms with E-state index >= 15 is 0 Å². The molecule has 3 aromatic rings. The van der Waals surface area contributed by atoms with Crippen LogP contribution in [0.3, 0.4) is 0 Å². The largest absolute Gasteiger partial charge is 0.379 e. The minimum absolute atomic E-state index is 0.0107. The molecule has 0 radical (unpaired) electrons. The lowest BCUT2D eigenvalue weighted by atomic mass is 10.2. The highest BCUT2D eigenvalue weighted by Gasteiger charge is 2.28. The standard InChI is InChI=1S/C20H20ClN3O4S/c21-14-6-7-17-16(12-14)19(29(26,27)15-4-2-1-3-5-15)20(22-17)23-18(25)13-24-8-10-28-11-9-24/h1-7,12,22H,8-11,13H2,(H,23,25). The molecule has 152 valence electrons. The Labute approximate surface area is 173 Å². The highest BCUT2D eigenvalue weighted by molar-refractivity contribution is 7.92. The highest BCUT2D eigenvalue weighted by atomic mass is 35.5. The van der Waals surface area contributed by atoms with E-state index in [0.717, 1.165) is 0 Å². The molecule has 7 nitrogen and oxygen atoms in total. The number of aromatic nitrogens is 1. The van der Waals surface area contributed by atoms with E-state index in [2.05, 4.69) is 10.3 Å². The van der Waals surface area contributed by atoms with E-state index in [1.54, 1.807) is 36.4 Å². The topological polar surface area (TPSA) is 91.5 Å². The number of hydrogen-bond acceptors (Lipinski definition) is 5. The van der Waals surface area contributed by atoms with Crippen LogP contribution in [0.1, 0.15) is 0 Å². The lowest BCUT2D eigenvalue weighted by Gasteiger charge is -2.25. The van der Waals surface area contributed by atoms with Gasteiger partial charge < -0.3 is 15.0 Å². The summed E-state index contributed by atoms with van der Waals surface area (Å²) in [5, 5.41) is 3.59. The Morgan fingerprint density at radius 2 is 1.86 bits per heavy atom. The number of benzene rings is 2. The number of carbonyl (C=O) groups is 1. The van der Waals surface area contributed by atoms with Crippen molar-refractivity contribution >= 4 is 44.1 Å². The zero-order valence-electron chi connectivity index (χ0n) is 15.5. The molecular weight excluding hydrogens is 414 g/mol. The first-order valence-corrected chi connectivity index (χ1v) is 11.0. The predicted molar refractivity (Wildman–Crippen MR) is 111 cm³/mol. The van der Waals surface area contributed by atoms with Crippen LogP contribution in [0.4, 0.5) is 5.82 Å². The van der Waals surface area contributed by atoms with Gasteiger partial charge in [-0.05, 0) is 30.3 Å². The van der Waals surface area contributed by atoms with Crippen molar-refractivity contribution in [3.05, 3.63) is 53.6 Å². The summed E-state index contributed by atoms with van der Waals surface area (Å²) >= 11 is 6.12. The van der Waals surface area contributed by atoms with Crippen molar-refractivity contribution in [1.82, 2.24) is 9.88 Å². The fourth-order valence-corrected chi connectivity index (χ4v) is 5.12. The van der Waals surface area contributed by atoms with Crippen molar-refractivity contribution in [3.63, 3.8) is 0 Å². The van der Waals surface area contributed by atoms with E-state index in [0.29, 0.717) is 42.2 Å². The molecule has 2 heterocycles. The van der Waals surface area contributed by atoms with Crippen LogP contribution in [-0.4, -0.2) is 57.1 Å². The Kier molecular flexibility index (Phi) is 5.60. The number of aromatic amines is 1. The maximum atomic E-state index is 13.4. The third kappa shape index (κ3) is 4.16. The second-order valence-electron chi connectivity index (χ2n) is 6.77. The Morgan fingerprint density at radius 3 is 2.59 bits per heavy atom. The van der Waals surface area contributed by atoms with E-state index in [4.69, 9.17) is 16.3 Å². The SMILES string of the molecule is O=C(CN1CCOCC1)Nc1[nH]c2ccc(Cl)cc2c1S(=O)(=O)c1ccccc1. The fourth-order valence-electron chi connectivity index (χ4n) is 3.37. The van der Waals surface area contributed by atoms with Gasteiger partial charge in [0.05, 0.1) is 24.7 Å². The van der Waals surface area contributed by atoms with Gasteiger partial charge in [0.1, 0.15) is 10.7 Å². The molecule has 1 aliphatic heterocycles. The highest BCUT2D eigenvalue weighted by Crippen LogP contribution is 2.36. The molecule has 1 amide bonds. The van der Waals surface area contributed by atoms with Gasteiger partial charge in [-0.3, -0.25) is 9.69 Å². The number of H-pyrrole nitrogens is 1. The van der Waals surface area contributed by atoms with Gasteiger partial charge in [0.25, 0.3) is 0 Å². The van der Waals surface area contributed by atoms with Gasteiger partial charge >= 0.3 is 0 Å². The van der Waals surface area contributed by atoms with E-state index in [1.807, 2.05) is 4.90 Å². The van der Waals surface area contributed by atoms with E-state index in [1.165, 1.54) is 12.1 Å². The Morgan fingerprint density at radius 1 is 1.14 bits per heavy atom.